The van der Waals surface area contributed by atoms with Crippen molar-refractivity contribution in [1.82, 2.24) is 4.90 Å². The maximum Gasteiger partial charge on any atom is 0.165 e. The van der Waals surface area contributed by atoms with Crippen LogP contribution in [0.1, 0.15) is 35.2 Å². The number of fused-ring (bicyclic) bond motifs is 4. The largest absolute Gasteiger partial charge is 0.504 e. The van der Waals surface area contributed by atoms with E-state index in [-0.39, 0.29) is 17.5 Å². The van der Waals surface area contributed by atoms with Gasteiger partial charge in [0.05, 0.1) is 13.7 Å². The molecule has 2 aliphatic rings. The minimum Gasteiger partial charge on any atom is -0.504 e. The Bertz CT molecular complexity index is 818. The van der Waals surface area contributed by atoms with Crippen LogP contribution in [0.15, 0.2) is 24.3 Å². The van der Waals surface area contributed by atoms with Crippen molar-refractivity contribution in [3.05, 3.63) is 46.5 Å². The average Bonchev–Trinajstić information content (AvgIpc) is 2.61. The molecule has 0 amide bonds. The predicted molar refractivity (Wildman–Crippen MR) is 94.5 cm³/mol. The molecule has 2 aromatic rings. The number of benzene rings is 2. The van der Waals surface area contributed by atoms with Crippen LogP contribution in [0.25, 0.3) is 0 Å². The van der Waals surface area contributed by atoms with Crippen LogP contribution in [0.2, 0.25) is 0 Å². The molecule has 5 heteroatoms. The van der Waals surface area contributed by atoms with Gasteiger partial charge in [0.1, 0.15) is 0 Å². The molecule has 0 radical (unpaired) electrons. The van der Waals surface area contributed by atoms with Crippen molar-refractivity contribution in [3.63, 3.8) is 0 Å². The highest BCUT2D eigenvalue weighted by Gasteiger charge is 2.34. The predicted octanol–water partition coefficient (Wildman–Crippen LogP) is 3.16. The number of ether oxygens (including phenoxy) is 2. The first-order valence-corrected chi connectivity index (χ1v) is 8.72. The van der Waals surface area contributed by atoms with Gasteiger partial charge in [-0.25, -0.2) is 0 Å². The summed E-state index contributed by atoms with van der Waals surface area (Å²) in [6.45, 7) is 4.14. The van der Waals surface area contributed by atoms with Crippen LogP contribution in [-0.2, 0) is 19.4 Å². The Morgan fingerprint density at radius 2 is 2.00 bits per heavy atom. The van der Waals surface area contributed by atoms with Crippen LogP contribution in [0.3, 0.4) is 0 Å². The minimum absolute atomic E-state index is 0.191. The van der Waals surface area contributed by atoms with E-state index in [1.54, 1.807) is 13.2 Å². The smallest absolute Gasteiger partial charge is 0.165 e. The molecular weight excluding hydrogens is 318 g/mol. The fourth-order valence-corrected chi connectivity index (χ4v) is 4.13. The Hall–Kier alpha value is -2.40. The quantitative estimate of drug-likeness (QED) is 0.898. The van der Waals surface area contributed by atoms with Crippen LogP contribution in [0.5, 0.6) is 23.0 Å². The molecule has 0 aromatic heterocycles. The Morgan fingerprint density at radius 3 is 2.76 bits per heavy atom. The zero-order chi connectivity index (χ0) is 17.6. The highest BCUT2D eigenvalue weighted by atomic mass is 16.5. The van der Waals surface area contributed by atoms with Crippen LogP contribution in [0, 0.1) is 0 Å². The molecule has 0 spiro atoms. The fourth-order valence-electron chi connectivity index (χ4n) is 4.13. The number of nitrogens with zero attached hydrogens (tertiary/aromatic N) is 1. The van der Waals surface area contributed by atoms with E-state index in [0.29, 0.717) is 18.1 Å². The van der Waals surface area contributed by atoms with E-state index in [0.717, 1.165) is 31.5 Å². The van der Waals surface area contributed by atoms with Gasteiger partial charge in [-0.3, -0.25) is 4.90 Å². The lowest BCUT2D eigenvalue weighted by atomic mass is 9.83. The van der Waals surface area contributed by atoms with Crippen molar-refractivity contribution >= 4 is 0 Å². The zero-order valence-electron chi connectivity index (χ0n) is 14.6. The summed E-state index contributed by atoms with van der Waals surface area (Å²) in [5.41, 5.74) is 4.68. The van der Waals surface area contributed by atoms with Gasteiger partial charge in [-0.15, -0.1) is 0 Å². The molecular formula is C20H23NO4. The molecule has 132 valence electrons. The summed E-state index contributed by atoms with van der Waals surface area (Å²) in [7, 11) is 1.60. The number of hydrogen-bond donors (Lipinski definition) is 2. The summed E-state index contributed by atoms with van der Waals surface area (Å²) in [6.07, 6.45) is 1.76. The molecule has 0 saturated heterocycles. The van der Waals surface area contributed by atoms with Gasteiger partial charge >= 0.3 is 0 Å². The number of rotatable bonds is 3. The Kier molecular flexibility index (Phi) is 3.96. The first-order valence-electron chi connectivity index (χ1n) is 8.72. The molecule has 0 aliphatic carbocycles. The van der Waals surface area contributed by atoms with Gasteiger partial charge in [-0.2, -0.15) is 0 Å². The maximum atomic E-state index is 10.3. The van der Waals surface area contributed by atoms with E-state index in [9.17, 15) is 10.2 Å². The SMILES string of the molecule is CCOc1cc2c(cc1O)[C@@H]1Cc3ccc(O)c(OC)c3CN1CC2. The van der Waals surface area contributed by atoms with Crippen molar-refractivity contribution in [2.75, 3.05) is 20.3 Å². The Morgan fingerprint density at radius 1 is 1.16 bits per heavy atom. The monoisotopic (exact) mass is 341 g/mol. The van der Waals surface area contributed by atoms with Gasteiger partial charge in [0.15, 0.2) is 23.0 Å². The molecule has 2 N–H and O–H groups in total. The summed E-state index contributed by atoms with van der Waals surface area (Å²) < 4.78 is 11.0. The second kappa shape index (κ2) is 6.15. The lowest BCUT2D eigenvalue weighted by Crippen LogP contribution is -2.39. The molecule has 2 heterocycles. The van der Waals surface area contributed by atoms with Gasteiger partial charge in [-0.1, -0.05) is 6.07 Å². The highest BCUT2D eigenvalue weighted by Crippen LogP contribution is 2.45. The van der Waals surface area contributed by atoms with E-state index in [4.69, 9.17) is 9.47 Å². The number of phenols is 2. The molecule has 4 rings (SSSR count). The van der Waals surface area contributed by atoms with Crippen molar-refractivity contribution in [1.29, 1.82) is 0 Å². The molecule has 0 saturated carbocycles. The lowest BCUT2D eigenvalue weighted by molar-refractivity contribution is 0.157. The molecule has 25 heavy (non-hydrogen) atoms. The van der Waals surface area contributed by atoms with Crippen LogP contribution in [-0.4, -0.2) is 35.4 Å². The van der Waals surface area contributed by atoms with Gasteiger partial charge in [-0.05, 0) is 54.7 Å². The number of hydrogen-bond acceptors (Lipinski definition) is 5. The minimum atomic E-state index is 0.191. The summed E-state index contributed by atoms with van der Waals surface area (Å²) in [6, 6.07) is 7.75. The van der Waals surface area contributed by atoms with Gasteiger partial charge < -0.3 is 19.7 Å². The fraction of sp³-hybridized carbons (Fsp3) is 0.400. The molecule has 5 nitrogen and oxygen atoms in total. The second-order valence-electron chi connectivity index (χ2n) is 6.65. The first-order chi connectivity index (χ1) is 12.1. The first kappa shape index (κ1) is 16.1. The summed E-state index contributed by atoms with van der Waals surface area (Å²) in [5, 5.41) is 20.4. The highest BCUT2D eigenvalue weighted by molar-refractivity contribution is 5.54. The lowest BCUT2D eigenvalue weighted by Gasteiger charge is -2.42. The van der Waals surface area contributed by atoms with Gasteiger partial charge in [0, 0.05) is 24.7 Å². The summed E-state index contributed by atoms with van der Waals surface area (Å²) in [4.78, 5) is 2.40. The topological polar surface area (TPSA) is 62.2 Å². The molecule has 0 fully saturated rings. The third kappa shape index (κ3) is 2.59. The van der Waals surface area contributed by atoms with Crippen molar-refractivity contribution in [2.24, 2.45) is 0 Å². The van der Waals surface area contributed by atoms with Gasteiger partial charge in [0.25, 0.3) is 0 Å². The van der Waals surface area contributed by atoms with E-state index in [1.807, 2.05) is 25.1 Å². The molecule has 1 atom stereocenters. The molecule has 0 bridgehead atoms. The second-order valence-corrected chi connectivity index (χ2v) is 6.65. The van der Waals surface area contributed by atoms with Crippen molar-refractivity contribution in [2.45, 2.75) is 32.4 Å². The number of phenolic OH excluding ortho intramolecular Hbond substituents is 2. The Labute approximate surface area is 147 Å². The zero-order valence-corrected chi connectivity index (χ0v) is 14.6. The van der Waals surface area contributed by atoms with E-state index in [2.05, 4.69) is 4.90 Å². The summed E-state index contributed by atoms with van der Waals surface area (Å²) >= 11 is 0. The molecule has 0 unspecified atom stereocenters. The normalized spacial score (nSPS) is 18.9. The van der Waals surface area contributed by atoms with E-state index in [1.165, 1.54) is 16.7 Å². The number of aromatic hydroxyl groups is 2. The number of methoxy groups -OCH3 is 1. The third-order valence-electron chi connectivity index (χ3n) is 5.30. The Balaban J connectivity index is 1.74. The standard InChI is InChI=1S/C20H23NO4/c1-3-25-19-9-13-6-7-21-11-15-12(4-5-17(22)20(15)24-2)8-16(21)14(13)10-18(19)23/h4-5,9-10,16,22-23H,3,6-8,11H2,1-2H3/t16-/m0/s1. The van der Waals surface area contributed by atoms with Crippen molar-refractivity contribution < 1.29 is 19.7 Å². The van der Waals surface area contributed by atoms with Gasteiger partial charge in [0.2, 0.25) is 0 Å². The summed E-state index contributed by atoms with van der Waals surface area (Å²) in [5.74, 6) is 1.54. The molecule has 2 aromatic carbocycles. The van der Waals surface area contributed by atoms with Crippen LogP contribution >= 0.6 is 0 Å². The molecule has 2 aliphatic heterocycles. The van der Waals surface area contributed by atoms with E-state index >= 15 is 0 Å². The van der Waals surface area contributed by atoms with Crippen molar-refractivity contribution in [3.8, 4) is 23.0 Å². The van der Waals surface area contributed by atoms with Crippen LogP contribution < -0.4 is 9.47 Å². The maximum absolute atomic E-state index is 10.3. The van der Waals surface area contributed by atoms with E-state index < -0.39 is 0 Å². The van der Waals surface area contributed by atoms with Crippen LogP contribution in [0.4, 0.5) is 0 Å². The third-order valence-corrected chi connectivity index (χ3v) is 5.30. The average molecular weight is 341 g/mol.